The Morgan fingerprint density at radius 2 is 2.00 bits per heavy atom. The minimum Gasteiger partial charge on any atom is -0.371 e. The largest absolute Gasteiger partial charge is 0.371 e. The zero-order valence-electron chi connectivity index (χ0n) is 15.7. The highest BCUT2D eigenvalue weighted by molar-refractivity contribution is 5.79. The number of hydrogen-bond acceptors (Lipinski definition) is 5. The molecule has 1 saturated carbocycles. The van der Waals surface area contributed by atoms with E-state index < -0.39 is 0 Å². The van der Waals surface area contributed by atoms with Gasteiger partial charge >= 0.3 is 0 Å². The predicted octanol–water partition coefficient (Wildman–Crippen LogP) is -0.674. The van der Waals surface area contributed by atoms with Crippen LogP contribution in [0.2, 0.25) is 0 Å². The van der Waals surface area contributed by atoms with Gasteiger partial charge in [0.15, 0.2) is 0 Å². The van der Waals surface area contributed by atoms with Crippen molar-refractivity contribution in [1.29, 1.82) is 0 Å². The molecule has 26 heavy (non-hydrogen) atoms. The van der Waals surface area contributed by atoms with Gasteiger partial charge < -0.3 is 19.7 Å². The van der Waals surface area contributed by atoms with E-state index in [0.717, 1.165) is 37.9 Å². The molecule has 3 aliphatic rings. The van der Waals surface area contributed by atoms with Gasteiger partial charge in [-0.05, 0) is 12.8 Å². The van der Waals surface area contributed by atoms with E-state index in [1.807, 2.05) is 10.9 Å². The fraction of sp³-hybridized carbons (Fsp3) is 0.833. The summed E-state index contributed by atoms with van der Waals surface area (Å²) in [6.07, 6.45) is 7.40. The topological polar surface area (TPSA) is 82.7 Å². The van der Waals surface area contributed by atoms with Crippen molar-refractivity contribution in [2.75, 3.05) is 27.3 Å². The van der Waals surface area contributed by atoms with E-state index in [1.165, 1.54) is 11.3 Å². The Balaban J connectivity index is 1.36. The second-order valence-corrected chi connectivity index (χ2v) is 8.19. The maximum Gasteiger partial charge on any atom is 0.223 e. The van der Waals surface area contributed by atoms with Crippen LogP contribution in [-0.2, 0) is 20.8 Å². The molecule has 0 aromatic carbocycles. The highest BCUT2D eigenvalue weighted by Gasteiger charge is 2.49. The lowest BCUT2D eigenvalue weighted by Crippen LogP contribution is -3.04. The first-order chi connectivity index (χ1) is 12.6. The minimum atomic E-state index is -0.0975. The van der Waals surface area contributed by atoms with Crippen molar-refractivity contribution in [3.63, 3.8) is 0 Å². The van der Waals surface area contributed by atoms with Crippen LogP contribution in [0.5, 0.6) is 0 Å². The minimum absolute atomic E-state index is 0.0231. The molecule has 3 fully saturated rings. The maximum absolute atomic E-state index is 12.5. The molecular formula is C18H30N5O3+. The number of carbonyl (C=O) groups is 1. The molecule has 1 aliphatic carbocycles. The number of nitrogens with one attached hydrogen (secondary N) is 2. The van der Waals surface area contributed by atoms with Gasteiger partial charge in [-0.3, -0.25) is 4.79 Å². The predicted molar refractivity (Wildman–Crippen MR) is 93.6 cm³/mol. The van der Waals surface area contributed by atoms with Gasteiger partial charge in [-0.25, -0.2) is 4.68 Å². The van der Waals surface area contributed by atoms with Crippen LogP contribution in [0.25, 0.3) is 0 Å². The van der Waals surface area contributed by atoms with Crippen molar-refractivity contribution in [3.8, 4) is 0 Å². The van der Waals surface area contributed by atoms with Crippen LogP contribution < -0.4 is 10.2 Å². The number of hydrogen-bond donors (Lipinski definition) is 2. The molecule has 2 N–H and O–H groups in total. The van der Waals surface area contributed by atoms with Crippen molar-refractivity contribution < 1.29 is 19.2 Å². The monoisotopic (exact) mass is 364 g/mol. The summed E-state index contributed by atoms with van der Waals surface area (Å²) >= 11 is 0. The van der Waals surface area contributed by atoms with Gasteiger partial charge in [0.05, 0.1) is 39.5 Å². The quantitative estimate of drug-likeness (QED) is 0.724. The highest BCUT2D eigenvalue weighted by Crippen LogP contribution is 2.34. The lowest BCUT2D eigenvalue weighted by Gasteiger charge is -2.24. The number of aromatic nitrogens is 3. The molecule has 2 aliphatic heterocycles. The summed E-state index contributed by atoms with van der Waals surface area (Å²) in [6.45, 7) is 1.89. The Kier molecular flexibility index (Phi) is 5.24. The normalized spacial score (nSPS) is 32.1. The molecular weight excluding hydrogens is 334 g/mol. The van der Waals surface area contributed by atoms with E-state index in [-0.39, 0.29) is 36.1 Å². The van der Waals surface area contributed by atoms with E-state index in [9.17, 15) is 4.79 Å². The average Bonchev–Trinajstić information content (AvgIpc) is 3.33. The smallest absolute Gasteiger partial charge is 0.223 e. The van der Waals surface area contributed by atoms with Crippen molar-refractivity contribution in [1.82, 2.24) is 20.3 Å². The number of amides is 1. The molecule has 0 radical (unpaired) electrons. The van der Waals surface area contributed by atoms with Crippen LogP contribution in [0.15, 0.2) is 6.20 Å². The number of fused-ring (bicyclic) bond motifs is 1. The maximum atomic E-state index is 12.5. The van der Waals surface area contributed by atoms with Crippen LogP contribution in [0, 0.1) is 5.92 Å². The standard InChI is InChI=1S/C18H29N5O3/c1-22(2)8-13-9-23(21-20-13)15-11-26-16-14(10-25-17(15)16)19-18(24)12-6-4-3-5-7-12/h9,12,14-17H,3-8,10-11H2,1-2H3,(H,19,24)/p+1/t14-,15-,16+,17+/m0/s1. The first kappa shape index (κ1) is 17.9. The van der Waals surface area contributed by atoms with Gasteiger partial charge in [-0.15, -0.1) is 5.10 Å². The summed E-state index contributed by atoms with van der Waals surface area (Å²) in [5.74, 6) is 0.328. The summed E-state index contributed by atoms with van der Waals surface area (Å²) < 4.78 is 13.9. The van der Waals surface area contributed by atoms with Crippen LogP contribution in [0.1, 0.15) is 43.8 Å². The molecule has 8 nitrogen and oxygen atoms in total. The Labute approximate surface area is 154 Å². The summed E-state index contributed by atoms with van der Waals surface area (Å²) in [5, 5.41) is 11.7. The molecule has 8 heteroatoms. The van der Waals surface area contributed by atoms with Gasteiger partial charge in [0, 0.05) is 5.92 Å². The molecule has 1 amide bonds. The number of nitrogens with zero attached hydrogens (tertiary/aromatic N) is 3. The SMILES string of the molecule is C[NH+](C)Cc1cn([C@H]2CO[C@H]3[C@@H]2OC[C@@H]3NC(=O)C2CCCCC2)nn1. The molecule has 3 heterocycles. The van der Waals surface area contributed by atoms with Crippen molar-refractivity contribution in [3.05, 3.63) is 11.9 Å². The lowest BCUT2D eigenvalue weighted by molar-refractivity contribution is -0.873. The van der Waals surface area contributed by atoms with Gasteiger partial charge in [0.25, 0.3) is 0 Å². The fourth-order valence-corrected chi connectivity index (χ4v) is 4.41. The first-order valence-corrected chi connectivity index (χ1v) is 9.85. The highest BCUT2D eigenvalue weighted by atomic mass is 16.6. The molecule has 4 rings (SSSR count). The third-order valence-corrected chi connectivity index (χ3v) is 5.76. The summed E-state index contributed by atoms with van der Waals surface area (Å²) in [7, 11) is 4.18. The van der Waals surface area contributed by atoms with E-state index in [4.69, 9.17) is 9.47 Å². The van der Waals surface area contributed by atoms with Crippen LogP contribution in [-0.4, -0.2) is 66.5 Å². The molecule has 144 valence electrons. The van der Waals surface area contributed by atoms with Gasteiger partial charge in [0.1, 0.15) is 30.5 Å². The fourth-order valence-electron chi connectivity index (χ4n) is 4.41. The van der Waals surface area contributed by atoms with Crippen LogP contribution in [0.4, 0.5) is 0 Å². The molecule has 1 aromatic heterocycles. The average molecular weight is 364 g/mol. The van der Waals surface area contributed by atoms with Crippen molar-refractivity contribution in [2.24, 2.45) is 5.92 Å². The van der Waals surface area contributed by atoms with E-state index in [0.29, 0.717) is 13.2 Å². The van der Waals surface area contributed by atoms with Crippen molar-refractivity contribution in [2.45, 2.75) is 62.9 Å². The number of rotatable bonds is 5. The van der Waals surface area contributed by atoms with E-state index in [2.05, 4.69) is 29.7 Å². The first-order valence-electron chi connectivity index (χ1n) is 9.85. The number of quaternary nitrogens is 1. The third-order valence-electron chi connectivity index (χ3n) is 5.76. The van der Waals surface area contributed by atoms with Crippen LogP contribution in [0.3, 0.4) is 0 Å². The molecule has 0 unspecified atom stereocenters. The molecule has 0 spiro atoms. The zero-order chi connectivity index (χ0) is 18.1. The Hall–Kier alpha value is -1.51. The molecule has 2 saturated heterocycles. The van der Waals surface area contributed by atoms with Gasteiger partial charge in [-0.1, -0.05) is 24.5 Å². The molecule has 0 bridgehead atoms. The number of ether oxygens (including phenoxy) is 2. The van der Waals surface area contributed by atoms with Crippen LogP contribution >= 0.6 is 0 Å². The Morgan fingerprint density at radius 3 is 2.77 bits per heavy atom. The van der Waals surface area contributed by atoms with Gasteiger partial charge in [0.2, 0.25) is 5.91 Å². The second kappa shape index (κ2) is 7.62. The van der Waals surface area contributed by atoms with E-state index in [1.54, 1.807) is 0 Å². The summed E-state index contributed by atoms with van der Waals surface area (Å²) in [5.41, 5.74) is 0.966. The molecule has 4 atom stereocenters. The zero-order valence-corrected chi connectivity index (χ0v) is 15.7. The number of carbonyl (C=O) groups excluding carboxylic acids is 1. The third kappa shape index (κ3) is 3.63. The molecule has 1 aromatic rings. The summed E-state index contributed by atoms with van der Waals surface area (Å²) in [4.78, 5) is 13.9. The second-order valence-electron chi connectivity index (χ2n) is 8.19. The summed E-state index contributed by atoms with van der Waals surface area (Å²) in [6, 6.07) is -0.0383. The lowest BCUT2D eigenvalue weighted by atomic mass is 9.88. The van der Waals surface area contributed by atoms with Gasteiger partial charge in [-0.2, -0.15) is 0 Å². The van der Waals surface area contributed by atoms with E-state index >= 15 is 0 Å². The Morgan fingerprint density at radius 1 is 1.23 bits per heavy atom. The Bertz CT molecular complexity index is 628. The van der Waals surface area contributed by atoms with Crippen molar-refractivity contribution >= 4 is 5.91 Å².